The van der Waals surface area contributed by atoms with Gasteiger partial charge in [-0.25, -0.2) is 8.78 Å². The van der Waals surface area contributed by atoms with Gasteiger partial charge in [-0.2, -0.15) is 0 Å². The summed E-state index contributed by atoms with van der Waals surface area (Å²) < 4.78 is 26.4. The van der Waals surface area contributed by atoms with Crippen LogP contribution in [0.25, 0.3) is 0 Å². The average Bonchev–Trinajstić information content (AvgIpc) is 2.62. The third-order valence-corrected chi connectivity index (χ3v) is 4.71. The standard InChI is InChI=1S/C22H28F2O2/c23-19-15-17(11-13-21(19)25)9-7-5-3-1-2-4-6-8-10-18-12-14-22(26)20(24)16-18/h11-16,25-26H,1-10H2. The molecular weight excluding hydrogens is 334 g/mol. The Morgan fingerprint density at radius 1 is 0.538 bits per heavy atom. The summed E-state index contributed by atoms with van der Waals surface area (Å²) in [6.07, 6.45) is 10.8. The molecule has 26 heavy (non-hydrogen) atoms. The topological polar surface area (TPSA) is 40.5 Å². The Kier molecular flexibility index (Phi) is 8.39. The van der Waals surface area contributed by atoms with Crippen molar-refractivity contribution in [3.63, 3.8) is 0 Å². The zero-order valence-electron chi connectivity index (χ0n) is 15.2. The number of benzene rings is 2. The van der Waals surface area contributed by atoms with E-state index >= 15 is 0 Å². The molecule has 0 heterocycles. The average molecular weight is 362 g/mol. The highest BCUT2D eigenvalue weighted by Gasteiger charge is 2.02. The first-order valence-corrected chi connectivity index (χ1v) is 9.51. The number of phenolic OH excluding ortho intramolecular Hbond substituents is 2. The third-order valence-electron chi connectivity index (χ3n) is 4.71. The van der Waals surface area contributed by atoms with E-state index in [0.717, 1.165) is 49.7 Å². The smallest absolute Gasteiger partial charge is 0.165 e. The van der Waals surface area contributed by atoms with Crippen LogP contribution >= 0.6 is 0 Å². The Morgan fingerprint density at radius 2 is 0.885 bits per heavy atom. The summed E-state index contributed by atoms with van der Waals surface area (Å²) in [7, 11) is 0. The summed E-state index contributed by atoms with van der Waals surface area (Å²) >= 11 is 0. The van der Waals surface area contributed by atoms with Crippen LogP contribution in [0.3, 0.4) is 0 Å². The molecule has 0 aliphatic heterocycles. The van der Waals surface area contributed by atoms with Crippen molar-refractivity contribution in [2.45, 2.75) is 64.2 Å². The maximum absolute atomic E-state index is 13.2. The summed E-state index contributed by atoms with van der Waals surface area (Å²) in [4.78, 5) is 0. The molecule has 0 atom stereocenters. The number of aromatic hydroxyl groups is 2. The minimum absolute atomic E-state index is 0.288. The van der Waals surface area contributed by atoms with Crippen LogP contribution in [-0.2, 0) is 12.8 Å². The van der Waals surface area contributed by atoms with Crippen LogP contribution in [0.1, 0.15) is 62.5 Å². The zero-order chi connectivity index (χ0) is 18.8. The van der Waals surface area contributed by atoms with Gasteiger partial charge >= 0.3 is 0 Å². The molecule has 2 N–H and O–H groups in total. The normalized spacial score (nSPS) is 11.0. The second kappa shape index (κ2) is 10.8. The SMILES string of the molecule is Oc1ccc(CCCCCCCCCCc2ccc(O)c(F)c2)cc1F. The predicted molar refractivity (Wildman–Crippen MR) is 100 cm³/mol. The van der Waals surface area contributed by atoms with Gasteiger partial charge in [-0.1, -0.05) is 50.7 Å². The van der Waals surface area contributed by atoms with Gasteiger partial charge in [-0.05, 0) is 61.1 Å². The summed E-state index contributed by atoms with van der Waals surface area (Å²) in [6, 6.07) is 9.20. The first kappa shape index (κ1) is 20.2. The maximum atomic E-state index is 13.2. The summed E-state index contributed by atoms with van der Waals surface area (Å²) in [5.74, 6) is -1.66. The molecule has 0 aliphatic carbocycles. The highest BCUT2D eigenvalue weighted by molar-refractivity contribution is 5.28. The predicted octanol–water partition coefficient (Wildman–Crippen LogP) is 6.28. The van der Waals surface area contributed by atoms with Crippen molar-refractivity contribution in [2.24, 2.45) is 0 Å². The fourth-order valence-electron chi connectivity index (χ4n) is 3.13. The second-order valence-corrected chi connectivity index (χ2v) is 6.90. The molecular formula is C22H28F2O2. The maximum Gasteiger partial charge on any atom is 0.165 e. The van der Waals surface area contributed by atoms with Crippen LogP contribution in [0.4, 0.5) is 8.78 Å². The zero-order valence-corrected chi connectivity index (χ0v) is 15.2. The number of hydrogen-bond acceptors (Lipinski definition) is 2. The van der Waals surface area contributed by atoms with E-state index in [1.165, 1.54) is 49.9 Å². The largest absolute Gasteiger partial charge is 0.505 e. The molecule has 0 fully saturated rings. The van der Waals surface area contributed by atoms with Gasteiger partial charge < -0.3 is 10.2 Å². The van der Waals surface area contributed by atoms with Gasteiger partial charge in [-0.15, -0.1) is 0 Å². The lowest BCUT2D eigenvalue weighted by atomic mass is 10.0. The molecule has 0 unspecified atom stereocenters. The molecule has 2 aromatic carbocycles. The molecule has 0 radical (unpaired) electrons. The van der Waals surface area contributed by atoms with E-state index in [9.17, 15) is 8.78 Å². The van der Waals surface area contributed by atoms with Crippen molar-refractivity contribution in [3.05, 3.63) is 59.2 Å². The molecule has 142 valence electrons. The Hall–Kier alpha value is -2.10. The van der Waals surface area contributed by atoms with Gasteiger partial charge in [0.1, 0.15) is 0 Å². The van der Waals surface area contributed by atoms with Gasteiger partial charge in [0.25, 0.3) is 0 Å². The molecule has 0 aromatic heterocycles. The quantitative estimate of drug-likeness (QED) is 0.462. The molecule has 2 nitrogen and oxygen atoms in total. The lowest BCUT2D eigenvalue weighted by Crippen LogP contribution is -1.89. The molecule has 0 spiro atoms. The highest BCUT2D eigenvalue weighted by atomic mass is 19.1. The van der Waals surface area contributed by atoms with Crippen LogP contribution < -0.4 is 0 Å². The van der Waals surface area contributed by atoms with Crippen molar-refractivity contribution in [2.75, 3.05) is 0 Å². The van der Waals surface area contributed by atoms with Gasteiger partial charge in [0.15, 0.2) is 23.1 Å². The number of rotatable bonds is 11. The number of halogens is 2. The molecule has 0 saturated carbocycles. The summed E-state index contributed by atoms with van der Waals surface area (Å²) in [5, 5.41) is 18.3. The Bertz CT molecular complexity index is 626. The monoisotopic (exact) mass is 362 g/mol. The first-order valence-electron chi connectivity index (χ1n) is 9.51. The number of unbranched alkanes of at least 4 members (excludes halogenated alkanes) is 7. The molecule has 2 rings (SSSR count). The van der Waals surface area contributed by atoms with E-state index in [1.807, 2.05) is 0 Å². The molecule has 0 aliphatic rings. The summed E-state index contributed by atoms with van der Waals surface area (Å²) in [5.41, 5.74) is 1.87. The van der Waals surface area contributed by atoms with E-state index in [1.54, 1.807) is 12.1 Å². The van der Waals surface area contributed by atoms with Crippen molar-refractivity contribution < 1.29 is 19.0 Å². The minimum Gasteiger partial charge on any atom is -0.505 e. The Labute approximate surface area is 154 Å². The van der Waals surface area contributed by atoms with E-state index in [-0.39, 0.29) is 11.5 Å². The number of aryl methyl sites for hydroxylation is 2. The van der Waals surface area contributed by atoms with Crippen LogP contribution in [0.5, 0.6) is 11.5 Å². The van der Waals surface area contributed by atoms with Crippen LogP contribution in [0.15, 0.2) is 36.4 Å². The Balaban J connectivity index is 1.45. The molecule has 0 bridgehead atoms. The first-order chi connectivity index (χ1) is 12.6. The Morgan fingerprint density at radius 3 is 1.23 bits per heavy atom. The fourth-order valence-corrected chi connectivity index (χ4v) is 3.13. The van der Waals surface area contributed by atoms with Crippen molar-refractivity contribution in [1.29, 1.82) is 0 Å². The van der Waals surface area contributed by atoms with Gasteiger partial charge in [0, 0.05) is 0 Å². The van der Waals surface area contributed by atoms with Crippen molar-refractivity contribution in [1.82, 2.24) is 0 Å². The van der Waals surface area contributed by atoms with E-state index in [4.69, 9.17) is 10.2 Å². The second-order valence-electron chi connectivity index (χ2n) is 6.90. The van der Waals surface area contributed by atoms with E-state index in [2.05, 4.69) is 0 Å². The lowest BCUT2D eigenvalue weighted by Gasteiger charge is -2.05. The van der Waals surface area contributed by atoms with Crippen molar-refractivity contribution in [3.8, 4) is 11.5 Å². The number of hydrogen-bond donors (Lipinski definition) is 2. The van der Waals surface area contributed by atoms with Crippen LogP contribution in [-0.4, -0.2) is 10.2 Å². The fraction of sp³-hybridized carbons (Fsp3) is 0.455. The van der Waals surface area contributed by atoms with Crippen LogP contribution in [0.2, 0.25) is 0 Å². The third kappa shape index (κ3) is 7.03. The lowest BCUT2D eigenvalue weighted by molar-refractivity contribution is 0.431. The van der Waals surface area contributed by atoms with E-state index < -0.39 is 11.6 Å². The van der Waals surface area contributed by atoms with Crippen molar-refractivity contribution >= 4 is 0 Å². The van der Waals surface area contributed by atoms with E-state index in [0.29, 0.717) is 0 Å². The van der Waals surface area contributed by atoms with Crippen LogP contribution in [0, 0.1) is 11.6 Å². The molecule has 0 amide bonds. The minimum atomic E-state index is -0.544. The highest BCUT2D eigenvalue weighted by Crippen LogP contribution is 2.19. The summed E-state index contributed by atoms with van der Waals surface area (Å²) in [6.45, 7) is 0. The van der Waals surface area contributed by atoms with Gasteiger partial charge in [0.05, 0.1) is 0 Å². The molecule has 2 aromatic rings. The molecule has 0 saturated heterocycles. The molecule has 4 heteroatoms. The van der Waals surface area contributed by atoms with Gasteiger partial charge in [0.2, 0.25) is 0 Å². The van der Waals surface area contributed by atoms with Gasteiger partial charge in [-0.3, -0.25) is 0 Å². The number of phenols is 2.